The van der Waals surface area contributed by atoms with E-state index in [4.69, 9.17) is 0 Å². The van der Waals surface area contributed by atoms with Crippen LogP contribution in [0.15, 0.2) is 84.9 Å². The van der Waals surface area contributed by atoms with Crippen LogP contribution in [-0.4, -0.2) is 0 Å². The van der Waals surface area contributed by atoms with Gasteiger partial charge in [-0.3, -0.25) is 0 Å². The smallest absolute Gasteiger partial charge is 0.206 e. The van der Waals surface area contributed by atoms with Crippen molar-refractivity contribution in [2.24, 2.45) is 0 Å². The van der Waals surface area contributed by atoms with Gasteiger partial charge in [-0.05, 0) is 59.6 Å². The normalized spacial score (nSPS) is 11.2. The summed E-state index contributed by atoms with van der Waals surface area (Å²) in [5.74, 6) is -0.855. The summed E-state index contributed by atoms with van der Waals surface area (Å²) >= 11 is 0. The summed E-state index contributed by atoms with van der Waals surface area (Å²) in [6.07, 6.45) is 1.09. The molecule has 0 heterocycles. The van der Waals surface area contributed by atoms with Crippen molar-refractivity contribution in [3.05, 3.63) is 119 Å². The molecule has 0 nitrogen and oxygen atoms in total. The number of halogens is 3. The van der Waals surface area contributed by atoms with Gasteiger partial charge in [0.25, 0.3) is 6.43 Å². The molecule has 0 fully saturated rings. The largest absolute Gasteiger partial charge is 0.267 e. The molecule has 0 amide bonds. The van der Waals surface area contributed by atoms with Crippen LogP contribution in [0.5, 0.6) is 0 Å². The summed E-state index contributed by atoms with van der Waals surface area (Å²) in [5, 5.41) is 0. The molecule has 0 unspecified atom stereocenters. The highest BCUT2D eigenvalue weighted by atomic mass is 19.3. The van der Waals surface area contributed by atoms with Gasteiger partial charge in [0, 0.05) is 5.56 Å². The Morgan fingerprint density at radius 1 is 0.588 bits per heavy atom. The van der Waals surface area contributed by atoms with E-state index in [2.05, 4.69) is 31.2 Å². The third kappa shape index (κ3) is 5.41. The zero-order valence-corrected chi connectivity index (χ0v) is 19.6. The highest BCUT2D eigenvalue weighted by Gasteiger charge is 2.22. The molecule has 4 aromatic rings. The Labute approximate surface area is 200 Å². The van der Waals surface area contributed by atoms with Crippen LogP contribution < -0.4 is 0 Å². The average molecular weight is 459 g/mol. The summed E-state index contributed by atoms with van der Waals surface area (Å²) in [4.78, 5) is 0. The van der Waals surface area contributed by atoms with Gasteiger partial charge >= 0.3 is 0 Å². The van der Waals surface area contributed by atoms with Gasteiger partial charge in [-0.1, -0.05) is 104 Å². The van der Waals surface area contributed by atoms with Gasteiger partial charge in [0.15, 0.2) is 0 Å². The Hall–Kier alpha value is -3.33. The molecule has 3 heteroatoms. The minimum atomic E-state index is -2.91. The van der Waals surface area contributed by atoms with Crippen LogP contribution in [0.4, 0.5) is 13.2 Å². The first kappa shape index (κ1) is 23.8. The van der Waals surface area contributed by atoms with Crippen LogP contribution in [0, 0.1) is 12.7 Å². The monoisotopic (exact) mass is 458 g/mol. The van der Waals surface area contributed by atoms with E-state index in [1.54, 1.807) is 24.3 Å². The van der Waals surface area contributed by atoms with E-state index >= 15 is 4.39 Å². The average Bonchev–Trinajstić information content (AvgIpc) is 2.84. The predicted octanol–water partition coefficient (Wildman–Crippen LogP) is 9.14. The van der Waals surface area contributed by atoms with Crippen molar-refractivity contribution < 1.29 is 13.2 Å². The first-order valence-electron chi connectivity index (χ1n) is 11.8. The molecule has 0 aromatic heterocycles. The summed E-state index contributed by atoms with van der Waals surface area (Å²) in [5.41, 5.74) is 5.86. The zero-order valence-electron chi connectivity index (χ0n) is 19.6. The van der Waals surface area contributed by atoms with E-state index in [-0.39, 0.29) is 11.1 Å². The second kappa shape index (κ2) is 10.7. The van der Waals surface area contributed by atoms with E-state index in [1.165, 1.54) is 11.1 Å². The molecule has 0 aliphatic heterocycles. The fourth-order valence-electron chi connectivity index (χ4n) is 4.31. The summed E-state index contributed by atoms with van der Waals surface area (Å²) in [6.45, 7) is 4.11. The van der Waals surface area contributed by atoms with Gasteiger partial charge in [-0.25, -0.2) is 13.2 Å². The molecule has 0 radical (unpaired) electrons. The molecule has 0 aliphatic rings. The van der Waals surface area contributed by atoms with Crippen molar-refractivity contribution in [2.75, 3.05) is 0 Å². The predicted molar refractivity (Wildman–Crippen MR) is 135 cm³/mol. The van der Waals surface area contributed by atoms with Crippen molar-refractivity contribution in [1.82, 2.24) is 0 Å². The van der Waals surface area contributed by atoms with Gasteiger partial charge in [-0.15, -0.1) is 0 Å². The molecule has 0 aliphatic carbocycles. The van der Waals surface area contributed by atoms with Crippen molar-refractivity contribution in [2.45, 2.75) is 46.0 Å². The van der Waals surface area contributed by atoms with Gasteiger partial charge in [0.05, 0.1) is 5.56 Å². The maximum atomic E-state index is 15.2. The van der Waals surface area contributed by atoms with Gasteiger partial charge < -0.3 is 0 Å². The van der Waals surface area contributed by atoms with Crippen molar-refractivity contribution in [3.63, 3.8) is 0 Å². The third-order valence-corrected chi connectivity index (χ3v) is 6.29. The van der Waals surface area contributed by atoms with Crippen LogP contribution in [0.3, 0.4) is 0 Å². The lowest BCUT2D eigenvalue weighted by Crippen LogP contribution is -1.99. The number of benzene rings is 4. The topological polar surface area (TPSA) is 0 Å². The van der Waals surface area contributed by atoms with E-state index < -0.39 is 17.8 Å². The van der Waals surface area contributed by atoms with E-state index in [0.29, 0.717) is 11.1 Å². The molecule has 4 aromatic carbocycles. The Balaban J connectivity index is 1.54. The number of hydrogen-bond acceptors (Lipinski definition) is 0. The first-order chi connectivity index (χ1) is 16.5. The number of rotatable bonds is 8. The molecular formula is C31H29F3. The van der Waals surface area contributed by atoms with E-state index in [0.717, 1.165) is 36.8 Å². The molecule has 0 atom stereocenters. The number of hydrogen-bond donors (Lipinski definition) is 0. The second-order valence-corrected chi connectivity index (χ2v) is 8.82. The maximum Gasteiger partial charge on any atom is 0.267 e. The molecule has 0 bridgehead atoms. The molecule has 4 rings (SSSR count). The molecular weight excluding hydrogens is 429 g/mol. The Morgan fingerprint density at radius 3 is 1.56 bits per heavy atom. The summed E-state index contributed by atoms with van der Waals surface area (Å²) in [7, 11) is 0. The minimum Gasteiger partial charge on any atom is -0.206 e. The third-order valence-electron chi connectivity index (χ3n) is 6.29. The Bertz CT molecular complexity index is 1220. The second-order valence-electron chi connectivity index (χ2n) is 8.82. The number of aryl methyl sites for hydroxylation is 4. The first-order valence-corrected chi connectivity index (χ1v) is 11.8. The minimum absolute atomic E-state index is 0.195. The highest BCUT2D eigenvalue weighted by Crippen LogP contribution is 2.38. The standard InChI is InChI=1S/C31H29F3/c1-3-4-22-7-9-23(10-8-22)11-12-24-13-17-25(18-14-24)27-19-20-28(30(32)29(27)31(33)34)26-15-5-21(2)6-16-26/h5-10,13-20,31H,3-4,11-12H2,1-2H3. The maximum absolute atomic E-state index is 15.2. The van der Waals surface area contributed by atoms with E-state index in [1.807, 2.05) is 43.3 Å². The molecule has 0 saturated carbocycles. The molecule has 0 saturated heterocycles. The Morgan fingerprint density at radius 2 is 1.03 bits per heavy atom. The van der Waals surface area contributed by atoms with Crippen molar-refractivity contribution in [1.29, 1.82) is 0 Å². The Kier molecular flexibility index (Phi) is 7.52. The van der Waals surface area contributed by atoms with Gasteiger partial charge in [0.2, 0.25) is 0 Å². The molecule has 174 valence electrons. The fourth-order valence-corrected chi connectivity index (χ4v) is 4.31. The van der Waals surface area contributed by atoms with Crippen LogP contribution in [-0.2, 0) is 19.3 Å². The lowest BCUT2D eigenvalue weighted by atomic mass is 9.93. The molecule has 0 spiro atoms. The highest BCUT2D eigenvalue weighted by molar-refractivity contribution is 5.75. The quantitative estimate of drug-likeness (QED) is 0.247. The van der Waals surface area contributed by atoms with Crippen LogP contribution in [0.2, 0.25) is 0 Å². The van der Waals surface area contributed by atoms with Gasteiger partial charge in [-0.2, -0.15) is 0 Å². The lowest BCUT2D eigenvalue weighted by molar-refractivity contribution is 0.147. The molecule has 0 N–H and O–H groups in total. The summed E-state index contributed by atoms with van der Waals surface area (Å²) in [6, 6.07) is 26.6. The SMILES string of the molecule is CCCc1ccc(CCc2ccc(-c3ccc(-c4ccc(C)cc4)c(F)c3C(F)F)cc2)cc1. The molecule has 34 heavy (non-hydrogen) atoms. The van der Waals surface area contributed by atoms with Crippen molar-refractivity contribution >= 4 is 0 Å². The van der Waals surface area contributed by atoms with Gasteiger partial charge in [0.1, 0.15) is 5.82 Å². The van der Waals surface area contributed by atoms with E-state index in [9.17, 15) is 8.78 Å². The summed E-state index contributed by atoms with van der Waals surface area (Å²) < 4.78 is 43.2. The zero-order chi connectivity index (χ0) is 24.1. The van der Waals surface area contributed by atoms with Crippen LogP contribution >= 0.6 is 0 Å². The van der Waals surface area contributed by atoms with Crippen molar-refractivity contribution in [3.8, 4) is 22.3 Å². The van der Waals surface area contributed by atoms with Crippen LogP contribution in [0.25, 0.3) is 22.3 Å². The van der Waals surface area contributed by atoms with Crippen LogP contribution in [0.1, 0.15) is 47.6 Å². The number of alkyl halides is 2. The lowest BCUT2D eigenvalue weighted by Gasteiger charge is -2.15. The fraction of sp³-hybridized carbons (Fsp3) is 0.226.